The molecular formula is C13H20Cl2N2O. The van der Waals surface area contributed by atoms with Gasteiger partial charge in [-0.2, -0.15) is 0 Å². The highest BCUT2D eigenvalue weighted by molar-refractivity contribution is 6.35. The first kappa shape index (κ1) is 15.7. The van der Waals surface area contributed by atoms with Crippen molar-refractivity contribution in [3.8, 4) is 0 Å². The Labute approximate surface area is 119 Å². The van der Waals surface area contributed by atoms with Crippen LogP contribution in [-0.2, 0) is 11.2 Å². The number of hydrogen-bond acceptors (Lipinski definition) is 3. The average Bonchev–Trinajstić information content (AvgIpc) is 2.37. The van der Waals surface area contributed by atoms with Gasteiger partial charge in [0.25, 0.3) is 0 Å². The summed E-state index contributed by atoms with van der Waals surface area (Å²) in [6.07, 6.45) is 2.79. The fraction of sp³-hybridized carbons (Fsp3) is 0.538. The normalized spacial score (nSPS) is 14.5. The Hall–Kier alpha value is -0.320. The minimum Gasteiger partial charge on any atom is -0.382 e. The van der Waals surface area contributed by atoms with E-state index < -0.39 is 0 Å². The van der Waals surface area contributed by atoms with Crippen LogP contribution in [0.25, 0.3) is 0 Å². The van der Waals surface area contributed by atoms with Gasteiger partial charge in [-0.3, -0.25) is 11.3 Å². The van der Waals surface area contributed by atoms with Crippen LogP contribution in [0.15, 0.2) is 18.2 Å². The zero-order valence-electron chi connectivity index (χ0n) is 10.7. The van der Waals surface area contributed by atoms with E-state index in [0.717, 1.165) is 18.4 Å². The third kappa shape index (κ3) is 4.75. The first-order chi connectivity index (χ1) is 8.58. The van der Waals surface area contributed by atoms with Gasteiger partial charge in [-0.05, 0) is 43.9 Å². The van der Waals surface area contributed by atoms with E-state index in [1.807, 2.05) is 25.1 Å². The van der Waals surface area contributed by atoms with E-state index in [9.17, 15) is 0 Å². The topological polar surface area (TPSA) is 47.3 Å². The molecule has 2 atom stereocenters. The van der Waals surface area contributed by atoms with Crippen LogP contribution in [0.2, 0.25) is 10.0 Å². The van der Waals surface area contributed by atoms with Crippen LogP contribution in [0.1, 0.15) is 25.3 Å². The quantitative estimate of drug-likeness (QED) is 0.599. The van der Waals surface area contributed by atoms with Crippen molar-refractivity contribution in [2.45, 2.75) is 38.3 Å². The molecule has 1 aromatic rings. The van der Waals surface area contributed by atoms with Crippen LogP contribution in [0.5, 0.6) is 0 Å². The predicted octanol–water partition coefficient (Wildman–Crippen LogP) is 3.18. The molecule has 5 heteroatoms. The first-order valence-electron chi connectivity index (χ1n) is 6.00. The zero-order valence-corrected chi connectivity index (χ0v) is 12.3. The summed E-state index contributed by atoms with van der Waals surface area (Å²) in [6, 6.07) is 5.66. The maximum absolute atomic E-state index is 6.14. The molecule has 0 amide bonds. The van der Waals surface area contributed by atoms with E-state index >= 15 is 0 Å². The third-order valence-corrected chi connectivity index (χ3v) is 3.78. The zero-order chi connectivity index (χ0) is 13.5. The van der Waals surface area contributed by atoms with E-state index in [-0.39, 0.29) is 12.1 Å². The number of halogens is 2. The number of benzene rings is 1. The Balaban J connectivity index is 2.62. The summed E-state index contributed by atoms with van der Waals surface area (Å²) in [7, 11) is 1.71. The molecule has 3 nitrogen and oxygen atoms in total. The van der Waals surface area contributed by atoms with E-state index in [1.165, 1.54) is 0 Å². The van der Waals surface area contributed by atoms with Crippen molar-refractivity contribution in [3.05, 3.63) is 33.8 Å². The number of hydrazine groups is 1. The Bertz CT molecular complexity index is 354. The van der Waals surface area contributed by atoms with Crippen molar-refractivity contribution >= 4 is 23.2 Å². The summed E-state index contributed by atoms with van der Waals surface area (Å²) in [6.45, 7) is 2.04. The monoisotopic (exact) mass is 290 g/mol. The molecule has 1 rings (SSSR count). The van der Waals surface area contributed by atoms with Crippen LogP contribution in [0.3, 0.4) is 0 Å². The van der Waals surface area contributed by atoms with Crippen molar-refractivity contribution in [1.82, 2.24) is 5.43 Å². The third-order valence-electron chi connectivity index (χ3n) is 3.07. The molecule has 0 aliphatic carbocycles. The highest BCUT2D eigenvalue weighted by Gasteiger charge is 2.14. The van der Waals surface area contributed by atoms with E-state index in [4.69, 9.17) is 33.8 Å². The second-order valence-corrected chi connectivity index (χ2v) is 5.21. The Morgan fingerprint density at radius 2 is 1.89 bits per heavy atom. The molecule has 0 aliphatic heterocycles. The Kier molecular flexibility index (Phi) is 6.97. The first-order valence-corrected chi connectivity index (χ1v) is 6.75. The summed E-state index contributed by atoms with van der Waals surface area (Å²) in [4.78, 5) is 0. The molecule has 102 valence electrons. The molecule has 0 radical (unpaired) electrons. The summed E-state index contributed by atoms with van der Waals surface area (Å²) < 4.78 is 5.22. The molecule has 0 saturated heterocycles. The van der Waals surface area contributed by atoms with Gasteiger partial charge in [0.15, 0.2) is 0 Å². The smallest absolute Gasteiger partial charge is 0.0543 e. The second-order valence-electron chi connectivity index (χ2n) is 4.39. The van der Waals surface area contributed by atoms with Crippen molar-refractivity contribution in [2.24, 2.45) is 5.84 Å². The standard InChI is InChI=1S/C13H20Cl2N2O/c1-9(18-2)6-7-10(17-16)8-11-12(14)4-3-5-13(11)15/h3-5,9-10,17H,6-8,16H2,1-2H3. The molecule has 0 fully saturated rings. The highest BCUT2D eigenvalue weighted by atomic mass is 35.5. The summed E-state index contributed by atoms with van der Waals surface area (Å²) in [5.41, 5.74) is 3.75. The number of nitrogens with two attached hydrogens (primary N) is 1. The van der Waals surface area contributed by atoms with Gasteiger partial charge < -0.3 is 4.74 Å². The highest BCUT2D eigenvalue weighted by Crippen LogP contribution is 2.26. The minimum atomic E-state index is 0.139. The van der Waals surface area contributed by atoms with Gasteiger partial charge in [0.1, 0.15) is 0 Å². The van der Waals surface area contributed by atoms with Crippen LogP contribution in [0.4, 0.5) is 0 Å². The number of rotatable bonds is 7. The van der Waals surface area contributed by atoms with Gasteiger partial charge in [0, 0.05) is 23.2 Å². The molecule has 3 N–H and O–H groups in total. The molecule has 1 aromatic carbocycles. The van der Waals surface area contributed by atoms with Gasteiger partial charge in [0.2, 0.25) is 0 Å². The van der Waals surface area contributed by atoms with E-state index in [2.05, 4.69) is 5.43 Å². The van der Waals surface area contributed by atoms with Gasteiger partial charge in [-0.25, -0.2) is 0 Å². The van der Waals surface area contributed by atoms with Crippen molar-refractivity contribution in [3.63, 3.8) is 0 Å². The van der Waals surface area contributed by atoms with Crippen molar-refractivity contribution in [2.75, 3.05) is 7.11 Å². The molecule has 0 aliphatic rings. The van der Waals surface area contributed by atoms with Crippen LogP contribution in [-0.4, -0.2) is 19.3 Å². The fourth-order valence-electron chi connectivity index (χ4n) is 1.77. The SMILES string of the molecule is COC(C)CCC(Cc1c(Cl)cccc1Cl)NN. The van der Waals surface area contributed by atoms with Crippen LogP contribution < -0.4 is 11.3 Å². The lowest BCUT2D eigenvalue weighted by molar-refractivity contribution is 0.106. The maximum Gasteiger partial charge on any atom is 0.0543 e. The van der Waals surface area contributed by atoms with Gasteiger partial charge in [-0.15, -0.1) is 0 Å². The molecule has 0 spiro atoms. The molecule has 0 saturated carbocycles. The predicted molar refractivity (Wildman–Crippen MR) is 77.0 cm³/mol. The molecule has 18 heavy (non-hydrogen) atoms. The van der Waals surface area contributed by atoms with Crippen molar-refractivity contribution < 1.29 is 4.74 Å². The summed E-state index contributed by atoms with van der Waals surface area (Å²) >= 11 is 12.3. The number of ether oxygens (including phenoxy) is 1. The second kappa shape index (κ2) is 7.97. The minimum absolute atomic E-state index is 0.139. The van der Waals surface area contributed by atoms with Crippen LogP contribution in [0, 0.1) is 0 Å². The van der Waals surface area contributed by atoms with E-state index in [1.54, 1.807) is 7.11 Å². The number of methoxy groups -OCH3 is 1. The fourth-order valence-corrected chi connectivity index (χ4v) is 2.32. The largest absolute Gasteiger partial charge is 0.382 e. The van der Waals surface area contributed by atoms with E-state index in [0.29, 0.717) is 16.5 Å². The van der Waals surface area contributed by atoms with Gasteiger partial charge in [-0.1, -0.05) is 29.3 Å². The Morgan fingerprint density at radius 1 is 1.28 bits per heavy atom. The molecule has 2 unspecified atom stereocenters. The Morgan fingerprint density at radius 3 is 2.39 bits per heavy atom. The molecule has 0 bridgehead atoms. The lowest BCUT2D eigenvalue weighted by Gasteiger charge is -2.19. The van der Waals surface area contributed by atoms with Gasteiger partial charge in [0.05, 0.1) is 6.10 Å². The molecular weight excluding hydrogens is 271 g/mol. The number of nitrogens with one attached hydrogen (secondary N) is 1. The maximum atomic E-state index is 6.14. The lowest BCUT2D eigenvalue weighted by Crippen LogP contribution is -2.37. The summed E-state index contributed by atoms with van der Waals surface area (Å²) in [5.74, 6) is 5.57. The lowest BCUT2D eigenvalue weighted by atomic mass is 10.0. The average molecular weight is 291 g/mol. The number of hydrogen-bond donors (Lipinski definition) is 2. The van der Waals surface area contributed by atoms with Gasteiger partial charge >= 0.3 is 0 Å². The molecule has 0 heterocycles. The van der Waals surface area contributed by atoms with Crippen molar-refractivity contribution in [1.29, 1.82) is 0 Å². The molecule has 0 aromatic heterocycles. The summed E-state index contributed by atoms with van der Waals surface area (Å²) in [5, 5.41) is 1.37. The van der Waals surface area contributed by atoms with Crippen LogP contribution >= 0.6 is 23.2 Å².